The molecule has 0 atom stereocenters. The number of aliphatic hydroxyl groups excluding tert-OH is 2. The molecule has 0 aromatic rings. The molecule has 0 saturated heterocycles. The highest BCUT2D eigenvalue weighted by Crippen LogP contribution is 2.01. The Labute approximate surface area is 61.0 Å². The lowest BCUT2D eigenvalue weighted by Crippen LogP contribution is -2.20. The van der Waals surface area contributed by atoms with Gasteiger partial charge in [-0.15, -0.1) is 0 Å². The Morgan fingerprint density at radius 1 is 0.800 bits per heavy atom. The fraction of sp³-hybridized carbons (Fsp3) is 0.667. The predicted octanol–water partition coefficient (Wildman–Crippen LogP) is 0.352. The van der Waals surface area contributed by atoms with Gasteiger partial charge in [0, 0.05) is 28.2 Å². The monoisotopic (exact) mass is 146 g/mol. The number of hydrogen-bond donors (Lipinski definition) is 2. The van der Waals surface area contributed by atoms with Crippen LogP contribution in [-0.4, -0.2) is 48.2 Å². The minimum absolute atomic E-state index is 0.134. The van der Waals surface area contributed by atoms with Crippen LogP contribution >= 0.6 is 0 Å². The van der Waals surface area contributed by atoms with Gasteiger partial charge in [0.25, 0.3) is 0 Å². The van der Waals surface area contributed by atoms with Crippen LogP contribution in [0.25, 0.3) is 0 Å². The maximum atomic E-state index is 9.08. The van der Waals surface area contributed by atoms with E-state index < -0.39 is 0 Å². The van der Waals surface area contributed by atoms with Crippen LogP contribution in [0.3, 0.4) is 0 Å². The van der Waals surface area contributed by atoms with Gasteiger partial charge in [0.1, 0.15) is 0 Å². The second kappa shape index (κ2) is 3.20. The summed E-state index contributed by atoms with van der Waals surface area (Å²) in [5.41, 5.74) is 0. The van der Waals surface area contributed by atoms with Crippen molar-refractivity contribution in [3.05, 3.63) is 11.8 Å². The van der Waals surface area contributed by atoms with E-state index >= 15 is 0 Å². The molecule has 4 heteroatoms. The second-order valence-corrected chi connectivity index (χ2v) is 2.44. The second-order valence-electron chi connectivity index (χ2n) is 2.44. The highest BCUT2D eigenvalue weighted by molar-refractivity contribution is 4.93. The third-order valence-electron chi connectivity index (χ3n) is 1.05. The Morgan fingerprint density at radius 2 is 1.00 bits per heavy atom. The molecule has 0 amide bonds. The highest BCUT2D eigenvalue weighted by Gasteiger charge is 2.06. The molecule has 2 N–H and O–H groups in total. The van der Waals surface area contributed by atoms with Crippen LogP contribution in [0, 0.1) is 0 Å². The van der Waals surface area contributed by atoms with E-state index in [0.29, 0.717) is 0 Å². The molecule has 0 rings (SSSR count). The van der Waals surface area contributed by atoms with Gasteiger partial charge in [0.15, 0.2) is 0 Å². The molecular formula is C6H14N2O2. The normalized spacial score (nSPS) is 12.4. The molecule has 0 radical (unpaired) electrons. The molecule has 0 heterocycles. The number of nitrogens with zero attached hydrogens (tertiary/aromatic N) is 2. The fourth-order valence-corrected chi connectivity index (χ4v) is 0.400. The smallest absolute Gasteiger partial charge is 0.248 e. The summed E-state index contributed by atoms with van der Waals surface area (Å²) in [6.07, 6.45) is 0. The average molecular weight is 146 g/mol. The largest absolute Gasteiger partial charge is 0.491 e. The molecule has 0 aliphatic heterocycles. The van der Waals surface area contributed by atoms with Crippen LogP contribution in [0.2, 0.25) is 0 Å². The molecule has 0 aliphatic carbocycles. The van der Waals surface area contributed by atoms with Gasteiger partial charge in [-0.1, -0.05) is 0 Å². The van der Waals surface area contributed by atoms with E-state index in [1.807, 2.05) is 0 Å². The first kappa shape index (κ1) is 8.94. The molecule has 0 aromatic heterocycles. The minimum atomic E-state index is -0.134. The fourth-order valence-electron chi connectivity index (χ4n) is 0.400. The molecule has 0 saturated carbocycles. The van der Waals surface area contributed by atoms with Gasteiger partial charge in [-0.2, -0.15) is 0 Å². The van der Waals surface area contributed by atoms with Crippen molar-refractivity contribution in [1.29, 1.82) is 0 Å². The van der Waals surface area contributed by atoms with E-state index in [9.17, 15) is 0 Å². The molecule has 4 nitrogen and oxygen atoms in total. The summed E-state index contributed by atoms with van der Waals surface area (Å²) in [5.74, 6) is -0.269. The van der Waals surface area contributed by atoms with Gasteiger partial charge in [-0.25, -0.2) is 0 Å². The maximum absolute atomic E-state index is 9.08. The lowest BCUT2D eigenvalue weighted by Gasteiger charge is -2.16. The van der Waals surface area contributed by atoms with Crippen molar-refractivity contribution >= 4 is 0 Å². The van der Waals surface area contributed by atoms with Crippen molar-refractivity contribution in [2.45, 2.75) is 0 Å². The third kappa shape index (κ3) is 2.05. The summed E-state index contributed by atoms with van der Waals surface area (Å²) in [5, 5.41) is 18.2. The molecule has 10 heavy (non-hydrogen) atoms. The number of aliphatic hydroxyl groups is 2. The van der Waals surface area contributed by atoms with Gasteiger partial charge >= 0.3 is 0 Å². The molecule has 0 aromatic carbocycles. The van der Waals surface area contributed by atoms with Gasteiger partial charge in [0.2, 0.25) is 11.8 Å². The summed E-state index contributed by atoms with van der Waals surface area (Å²) in [4.78, 5) is 2.85. The zero-order valence-corrected chi connectivity index (χ0v) is 6.79. The van der Waals surface area contributed by atoms with Crippen molar-refractivity contribution in [3.8, 4) is 0 Å². The van der Waals surface area contributed by atoms with E-state index in [2.05, 4.69) is 0 Å². The minimum Gasteiger partial charge on any atom is -0.491 e. The van der Waals surface area contributed by atoms with Crippen LogP contribution in [0.15, 0.2) is 11.8 Å². The van der Waals surface area contributed by atoms with Crippen LogP contribution in [0.5, 0.6) is 0 Å². The van der Waals surface area contributed by atoms with Crippen LogP contribution in [-0.2, 0) is 0 Å². The first-order chi connectivity index (χ1) is 4.46. The van der Waals surface area contributed by atoms with Gasteiger partial charge in [-0.3, -0.25) is 0 Å². The lowest BCUT2D eigenvalue weighted by molar-refractivity contribution is 0.168. The maximum Gasteiger partial charge on any atom is 0.248 e. The zero-order valence-electron chi connectivity index (χ0n) is 6.79. The summed E-state index contributed by atoms with van der Waals surface area (Å²) < 4.78 is 0. The molecule has 0 spiro atoms. The number of hydrogen-bond acceptors (Lipinski definition) is 4. The van der Waals surface area contributed by atoms with Crippen molar-refractivity contribution in [2.24, 2.45) is 0 Å². The molecule has 0 bridgehead atoms. The predicted molar refractivity (Wildman–Crippen MR) is 39.7 cm³/mol. The SMILES string of the molecule is CN(C)/C(O)=C(/O)N(C)C. The standard InChI is InChI=1S/C6H14N2O2/c1-7(2)5(9)6(10)8(3)4/h9-10H,1-4H3/b6-5-. The van der Waals surface area contributed by atoms with Crippen molar-refractivity contribution < 1.29 is 10.2 Å². The third-order valence-corrected chi connectivity index (χ3v) is 1.05. The van der Waals surface area contributed by atoms with Crippen molar-refractivity contribution in [1.82, 2.24) is 9.80 Å². The van der Waals surface area contributed by atoms with E-state index in [4.69, 9.17) is 10.2 Å². The van der Waals surface area contributed by atoms with E-state index in [1.54, 1.807) is 28.2 Å². The van der Waals surface area contributed by atoms with Gasteiger partial charge < -0.3 is 20.0 Å². The van der Waals surface area contributed by atoms with Gasteiger partial charge in [0.05, 0.1) is 0 Å². The molecule has 0 unspecified atom stereocenters. The van der Waals surface area contributed by atoms with E-state index in [0.717, 1.165) is 0 Å². The first-order valence-corrected chi connectivity index (χ1v) is 2.93. The molecular weight excluding hydrogens is 132 g/mol. The highest BCUT2D eigenvalue weighted by atomic mass is 16.3. The zero-order chi connectivity index (χ0) is 8.31. The number of rotatable bonds is 2. The van der Waals surface area contributed by atoms with Crippen molar-refractivity contribution in [2.75, 3.05) is 28.2 Å². The van der Waals surface area contributed by atoms with Crippen LogP contribution in [0.4, 0.5) is 0 Å². The van der Waals surface area contributed by atoms with Crippen LogP contribution < -0.4 is 0 Å². The Kier molecular flexibility index (Phi) is 2.86. The van der Waals surface area contributed by atoms with Crippen molar-refractivity contribution in [3.63, 3.8) is 0 Å². The van der Waals surface area contributed by atoms with E-state index in [1.165, 1.54) is 9.80 Å². The Bertz CT molecular complexity index is 125. The molecule has 0 fully saturated rings. The Balaban J connectivity index is 4.34. The lowest BCUT2D eigenvalue weighted by atomic mass is 10.6. The van der Waals surface area contributed by atoms with Crippen LogP contribution in [0.1, 0.15) is 0 Å². The Hall–Kier alpha value is -1.06. The van der Waals surface area contributed by atoms with E-state index in [-0.39, 0.29) is 11.8 Å². The summed E-state index contributed by atoms with van der Waals surface area (Å²) in [7, 11) is 6.59. The summed E-state index contributed by atoms with van der Waals surface area (Å²) >= 11 is 0. The quantitative estimate of drug-likeness (QED) is 0.552. The first-order valence-electron chi connectivity index (χ1n) is 2.93. The van der Waals surface area contributed by atoms with Gasteiger partial charge in [-0.05, 0) is 0 Å². The summed E-state index contributed by atoms with van der Waals surface area (Å²) in [6, 6.07) is 0. The topological polar surface area (TPSA) is 46.9 Å². The molecule has 0 aliphatic rings. The molecule has 60 valence electrons. The summed E-state index contributed by atoms with van der Waals surface area (Å²) in [6.45, 7) is 0. The average Bonchev–Trinajstić information content (AvgIpc) is 1.84. The Morgan fingerprint density at radius 3 is 1.10 bits per heavy atom.